The largest absolute Gasteiger partial charge is 0.497 e. The Morgan fingerprint density at radius 2 is 2.12 bits per heavy atom. The van der Waals surface area contributed by atoms with Gasteiger partial charge in [0.1, 0.15) is 23.0 Å². The molecule has 0 saturated carbocycles. The highest BCUT2D eigenvalue weighted by atomic mass is 32.2. The summed E-state index contributed by atoms with van der Waals surface area (Å²) in [5.74, 6) is 1.57. The lowest BCUT2D eigenvalue weighted by Gasteiger charge is -2.25. The Morgan fingerprint density at radius 1 is 1.38 bits per heavy atom. The minimum Gasteiger partial charge on any atom is -0.497 e. The molecule has 0 spiro atoms. The number of rotatable bonds is 7. The van der Waals surface area contributed by atoms with Crippen molar-refractivity contribution in [1.29, 1.82) is 0 Å². The van der Waals surface area contributed by atoms with Gasteiger partial charge in [0.2, 0.25) is 6.29 Å². The van der Waals surface area contributed by atoms with E-state index in [9.17, 15) is 4.79 Å². The number of carbonyl (C=O) groups is 1. The van der Waals surface area contributed by atoms with Crippen LogP contribution in [-0.4, -0.2) is 38.3 Å². The van der Waals surface area contributed by atoms with Gasteiger partial charge in [-0.15, -0.1) is 11.8 Å². The maximum atomic E-state index is 12.1. The fourth-order valence-electron chi connectivity index (χ4n) is 2.10. The van der Waals surface area contributed by atoms with E-state index in [0.717, 1.165) is 11.3 Å². The highest BCUT2D eigenvalue weighted by molar-refractivity contribution is 8.04. The number of carbonyl (C=O) groups excluding carboxylic acids is 1. The smallest absolute Gasteiger partial charge is 0.348 e. The predicted molar refractivity (Wildman–Crippen MR) is 94.6 cm³/mol. The first-order valence-electron chi connectivity index (χ1n) is 7.73. The average molecular weight is 350 g/mol. The van der Waals surface area contributed by atoms with Gasteiger partial charge in [-0.25, -0.2) is 4.79 Å². The van der Waals surface area contributed by atoms with E-state index in [4.69, 9.17) is 18.9 Å². The Bertz CT molecular complexity index is 606. The van der Waals surface area contributed by atoms with Crippen LogP contribution >= 0.6 is 11.8 Å². The van der Waals surface area contributed by atoms with Gasteiger partial charge in [0.25, 0.3) is 0 Å². The second-order valence-electron chi connectivity index (χ2n) is 4.97. The van der Waals surface area contributed by atoms with Crippen LogP contribution in [0.3, 0.4) is 0 Å². The Labute approximate surface area is 146 Å². The second kappa shape index (κ2) is 9.39. The lowest BCUT2D eigenvalue weighted by Crippen LogP contribution is -2.25. The average Bonchev–Trinajstić information content (AvgIpc) is 2.59. The van der Waals surface area contributed by atoms with Gasteiger partial charge in [-0.2, -0.15) is 0 Å². The first-order chi connectivity index (χ1) is 11.6. The van der Waals surface area contributed by atoms with Crippen LogP contribution in [0.5, 0.6) is 5.75 Å². The molecule has 0 aliphatic carbocycles. The van der Waals surface area contributed by atoms with Gasteiger partial charge in [-0.3, -0.25) is 0 Å². The Morgan fingerprint density at radius 3 is 2.75 bits per heavy atom. The summed E-state index contributed by atoms with van der Waals surface area (Å²) < 4.78 is 21.3. The topological polar surface area (TPSA) is 54.0 Å². The zero-order valence-corrected chi connectivity index (χ0v) is 14.9. The summed E-state index contributed by atoms with van der Waals surface area (Å²) >= 11 is 1.40. The molecule has 0 N–H and O–H groups in total. The van der Waals surface area contributed by atoms with Crippen molar-refractivity contribution < 1.29 is 23.7 Å². The normalized spacial score (nSPS) is 17.7. The van der Waals surface area contributed by atoms with Crippen LogP contribution in [0.2, 0.25) is 0 Å². The van der Waals surface area contributed by atoms with Crippen molar-refractivity contribution in [3.63, 3.8) is 0 Å². The lowest BCUT2D eigenvalue weighted by molar-refractivity contribution is -0.138. The number of methoxy groups -OCH3 is 1. The SMILES string of the molecule is CCOC1CSC(C(=O)OC/C=C/c2ccc(OC)cc2)=C(C)O1. The number of esters is 1. The van der Waals surface area contributed by atoms with Gasteiger partial charge in [0.15, 0.2) is 0 Å². The molecular weight excluding hydrogens is 328 g/mol. The number of benzene rings is 1. The zero-order valence-electron chi connectivity index (χ0n) is 14.1. The van der Waals surface area contributed by atoms with Crippen LogP contribution in [0.4, 0.5) is 0 Å². The molecule has 1 aliphatic heterocycles. The van der Waals surface area contributed by atoms with Crippen LogP contribution in [0.25, 0.3) is 6.08 Å². The number of ether oxygens (including phenoxy) is 4. The Hall–Kier alpha value is -1.92. The second-order valence-corrected chi connectivity index (χ2v) is 6.00. The summed E-state index contributed by atoms with van der Waals surface area (Å²) in [6.07, 6.45) is 3.39. The summed E-state index contributed by atoms with van der Waals surface area (Å²) in [5.41, 5.74) is 1.01. The lowest BCUT2D eigenvalue weighted by atomic mass is 10.2. The molecule has 5 nitrogen and oxygen atoms in total. The van der Waals surface area contributed by atoms with Gasteiger partial charge in [0.05, 0.1) is 12.9 Å². The minimum atomic E-state index is -0.369. The fraction of sp³-hybridized carbons (Fsp3) is 0.389. The molecule has 1 aromatic carbocycles. The highest BCUT2D eigenvalue weighted by Gasteiger charge is 2.25. The number of thioether (sulfide) groups is 1. The molecule has 1 atom stereocenters. The summed E-state index contributed by atoms with van der Waals surface area (Å²) in [4.78, 5) is 12.6. The van der Waals surface area contributed by atoms with Crippen molar-refractivity contribution in [2.24, 2.45) is 0 Å². The van der Waals surface area contributed by atoms with Crippen LogP contribution in [-0.2, 0) is 19.0 Å². The van der Waals surface area contributed by atoms with Gasteiger partial charge < -0.3 is 18.9 Å². The summed E-state index contributed by atoms with van der Waals surface area (Å²) in [7, 11) is 1.63. The molecule has 0 bridgehead atoms. The monoisotopic (exact) mass is 350 g/mol. The maximum absolute atomic E-state index is 12.1. The van der Waals surface area contributed by atoms with E-state index in [1.54, 1.807) is 20.1 Å². The first kappa shape index (κ1) is 18.4. The van der Waals surface area contributed by atoms with Crippen molar-refractivity contribution in [2.75, 3.05) is 26.1 Å². The van der Waals surface area contributed by atoms with E-state index in [2.05, 4.69) is 0 Å². The molecule has 0 aromatic heterocycles. The quantitative estimate of drug-likeness (QED) is 0.700. The molecule has 2 rings (SSSR count). The van der Waals surface area contributed by atoms with E-state index >= 15 is 0 Å². The van der Waals surface area contributed by atoms with Gasteiger partial charge in [0, 0.05) is 6.61 Å². The third-order valence-electron chi connectivity index (χ3n) is 3.27. The predicted octanol–water partition coefficient (Wildman–Crippen LogP) is 3.61. The Balaban J connectivity index is 1.82. The molecule has 1 aromatic rings. The van der Waals surface area contributed by atoms with Crippen molar-refractivity contribution in [3.05, 3.63) is 46.6 Å². The molecule has 0 amide bonds. The molecule has 130 valence electrons. The van der Waals surface area contributed by atoms with Crippen molar-refractivity contribution >= 4 is 23.8 Å². The highest BCUT2D eigenvalue weighted by Crippen LogP contribution is 2.30. The standard InChI is InChI=1S/C18H22O5S/c1-4-21-16-12-24-17(13(2)23-16)18(19)22-11-5-6-14-7-9-15(20-3)10-8-14/h5-10,16H,4,11-12H2,1-3H3/b6-5+. The van der Waals surface area contributed by atoms with Gasteiger partial charge >= 0.3 is 5.97 Å². The van der Waals surface area contributed by atoms with E-state index in [0.29, 0.717) is 23.0 Å². The van der Waals surface area contributed by atoms with Crippen molar-refractivity contribution in [1.82, 2.24) is 0 Å². The third-order valence-corrected chi connectivity index (χ3v) is 4.45. The van der Waals surface area contributed by atoms with Crippen LogP contribution < -0.4 is 4.74 Å². The molecule has 1 aliphatic rings. The maximum Gasteiger partial charge on any atom is 0.348 e. The first-order valence-corrected chi connectivity index (χ1v) is 8.72. The number of hydrogen-bond donors (Lipinski definition) is 0. The molecule has 1 heterocycles. The number of allylic oxidation sites excluding steroid dienone is 1. The molecule has 0 saturated heterocycles. The molecule has 0 fully saturated rings. The van der Waals surface area contributed by atoms with E-state index < -0.39 is 0 Å². The van der Waals surface area contributed by atoms with Crippen LogP contribution in [0.15, 0.2) is 41.0 Å². The summed E-state index contributed by atoms with van der Waals surface area (Å²) in [6, 6.07) is 7.63. The molecule has 24 heavy (non-hydrogen) atoms. The Kier molecular flexibility index (Phi) is 7.21. The third kappa shape index (κ3) is 5.32. The molecule has 0 radical (unpaired) electrons. The van der Waals surface area contributed by atoms with Crippen molar-refractivity contribution in [2.45, 2.75) is 20.1 Å². The summed E-state index contributed by atoms with van der Waals surface area (Å²) in [6.45, 7) is 4.44. The number of hydrogen-bond acceptors (Lipinski definition) is 6. The van der Waals surface area contributed by atoms with E-state index in [-0.39, 0.29) is 18.9 Å². The van der Waals surface area contributed by atoms with Gasteiger partial charge in [-0.1, -0.05) is 18.2 Å². The molecular formula is C18H22O5S. The fourth-order valence-corrected chi connectivity index (χ4v) is 2.99. The minimum absolute atomic E-state index is 0.205. The van der Waals surface area contributed by atoms with E-state index in [1.165, 1.54) is 11.8 Å². The molecule has 6 heteroatoms. The zero-order chi connectivity index (χ0) is 17.4. The van der Waals surface area contributed by atoms with Crippen LogP contribution in [0, 0.1) is 0 Å². The van der Waals surface area contributed by atoms with Gasteiger partial charge in [-0.05, 0) is 37.6 Å². The molecule has 1 unspecified atom stereocenters. The van der Waals surface area contributed by atoms with E-state index in [1.807, 2.05) is 37.3 Å². The summed E-state index contributed by atoms with van der Waals surface area (Å²) in [5, 5.41) is 0. The van der Waals surface area contributed by atoms with Crippen molar-refractivity contribution in [3.8, 4) is 5.75 Å². The van der Waals surface area contributed by atoms with Crippen LogP contribution in [0.1, 0.15) is 19.4 Å².